The molecule has 198 valence electrons. The Labute approximate surface area is 215 Å². The van der Waals surface area contributed by atoms with Gasteiger partial charge >= 0.3 is 6.18 Å². The Balaban J connectivity index is 1.50. The average molecular weight is 527 g/mol. The van der Waals surface area contributed by atoms with Crippen LogP contribution in [0.1, 0.15) is 40.1 Å². The largest absolute Gasteiger partial charge is 0.497 e. The number of nitrogens with one attached hydrogen (secondary N) is 2. The Kier molecular flexibility index (Phi) is 6.25. The lowest BCUT2D eigenvalue weighted by molar-refractivity contribution is -0.173. The smallest absolute Gasteiger partial charge is 0.410 e. The summed E-state index contributed by atoms with van der Waals surface area (Å²) >= 11 is 0. The number of benzene rings is 2. The number of fused-ring (bicyclic) bond motifs is 1. The SMILES string of the molecule is COc1ccc([C@H]2C[C@@H](C(F)(F)F)n3ncc(C(=O)Nc4c(C)n(C)n(-c5ccccc5)c4=O)c3N2)cc1. The molecule has 4 aromatic rings. The zero-order chi connectivity index (χ0) is 27.2. The molecule has 1 amide bonds. The number of halogens is 3. The van der Waals surface area contributed by atoms with Crippen molar-refractivity contribution < 1.29 is 22.7 Å². The second kappa shape index (κ2) is 9.43. The minimum Gasteiger partial charge on any atom is -0.497 e. The molecule has 1 aliphatic heterocycles. The normalized spacial score (nSPS) is 17.0. The summed E-state index contributed by atoms with van der Waals surface area (Å²) in [5, 5.41) is 9.55. The molecule has 2 aromatic heterocycles. The first-order valence-corrected chi connectivity index (χ1v) is 11.8. The second-order valence-electron chi connectivity index (χ2n) is 9.01. The molecule has 2 atom stereocenters. The standard InChI is InChI=1S/C26H25F3N6O3/c1-15-22(25(37)35(33(15)2)17-7-5-4-6-8-17)32-24(36)19-14-30-34-21(26(27,28)29)13-20(31-23(19)34)16-9-11-18(38-3)12-10-16/h4-12,14,20-21,31H,13H2,1-3H3,(H,32,36)/t20-,21+/m1/s1. The molecular formula is C26H25F3N6O3. The lowest BCUT2D eigenvalue weighted by atomic mass is 9.96. The van der Waals surface area contributed by atoms with E-state index >= 15 is 0 Å². The molecule has 0 fully saturated rings. The van der Waals surface area contributed by atoms with Gasteiger partial charge in [-0.2, -0.15) is 18.3 Å². The summed E-state index contributed by atoms with van der Waals surface area (Å²) in [5.74, 6) is -0.253. The lowest BCUT2D eigenvalue weighted by Gasteiger charge is -2.34. The Hall–Kier alpha value is -4.48. The number of para-hydroxylation sites is 1. The van der Waals surface area contributed by atoms with Crippen LogP contribution < -0.4 is 20.9 Å². The predicted molar refractivity (Wildman–Crippen MR) is 135 cm³/mol. The van der Waals surface area contributed by atoms with E-state index in [1.165, 1.54) is 11.8 Å². The molecule has 3 heterocycles. The van der Waals surface area contributed by atoms with Crippen molar-refractivity contribution in [3.05, 3.63) is 88.0 Å². The van der Waals surface area contributed by atoms with Gasteiger partial charge in [0.1, 0.15) is 22.8 Å². The van der Waals surface area contributed by atoms with E-state index in [1.807, 2.05) is 6.07 Å². The summed E-state index contributed by atoms with van der Waals surface area (Å²) in [5.41, 5.74) is 1.13. The highest BCUT2D eigenvalue weighted by molar-refractivity contribution is 6.07. The zero-order valence-electron chi connectivity index (χ0n) is 20.8. The topological polar surface area (TPSA) is 95.1 Å². The summed E-state index contributed by atoms with van der Waals surface area (Å²) in [6.45, 7) is 1.67. The van der Waals surface area contributed by atoms with Gasteiger partial charge < -0.3 is 15.4 Å². The van der Waals surface area contributed by atoms with E-state index in [0.29, 0.717) is 22.7 Å². The van der Waals surface area contributed by atoms with Crippen LogP contribution in [0.15, 0.2) is 65.6 Å². The minimum atomic E-state index is -4.60. The number of anilines is 2. The van der Waals surface area contributed by atoms with Gasteiger partial charge in [-0.05, 0) is 36.8 Å². The van der Waals surface area contributed by atoms with Crippen molar-refractivity contribution in [3.63, 3.8) is 0 Å². The Morgan fingerprint density at radius 2 is 1.82 bits per heavy atom. The van der Waals surface area contributed by atoms with Crippen LogP contribution in [0.25, 0.3) is 5.69 Å². The quantitative estimate of drug-likeness (QED) is 0.396. The summed E-state index contributed by atoms with van der Waals surface area (Å²) < 4.78 is 51.1. The highest BCUT2D eigenvalue weighted by atomic mass is 19.4. The molecule has 1 aliphatic rings. The highest BCUT2D eigenvalue weighted by Crippen LogP contribution is 2.44. The van der Waals surface area contributed by atoms with Crippen LogP contribution >= 0.6 is 0 Å². The van der Waals surface area contributed by atoms with Gasteiger partial charge in [0.15, 0.2) is 6.04 Å². The summed E-state index contributed by atoms with van der Waals surface area (Å²) in [6.07, 6.45) is -3.83. The fraction of sp³-hybridized carbons (Fsp3) is 0.269. The number of carbonyl (C=O) groups excluding carboxylic acids is 1. The van der Waals surface area contributed by atoms with Gasteiger partial charge in [0.05, 0.1) is 30.7 Å². The predicted octanol–water partition coefficient (Wildman–Crippen LogP) is 4.60. The first-order chi connectivity index (χ1) is 18.1. The van der Waals surface area contributed by atoms with Crippen LogP contribution in [0.2, 0.25) is 0 Å². The van der Waals surface area contributed by atoms with Crippen molar-refractivity contribution in [2.45, 2.75) is 31.6 Å². The number of rotatable bonds is 5. The van der Waals surface area contributed by atoms with E-state index in [0.717, 1.165) is 10.9 Å². The van der Waals surface area contributed by atoms with E-state index in [4.69, 9.17) is 4.74 Å². The van der Waals surface area contributed by atoms with Gasteiger partial charge in [0.2, 0.25) is 0 Å². The van der Waals surface area contributed by atoms with Crippen molar-refractivity contribution in [1.82, 2.24) is 19.1 Å². The average Bonchev–Trinajstić information content (AvgIpc) is 3.42. The minimum absolute atomic E-state index is 0.0242. The number of hydrogen-bond donors (Lipinski definition) is 2. The van der Waals surface area contributed by atoms with Gasteiger partial charge in [-0.1, -0.05) is 30.3 Å². The van der Waals surface area contributed by atoms with Crippen LogP contribution in [0.5, 0.6) is 5.75 Å². The van der Waals surface area contributed by atoms with Crippen molar-refractivity contribution in [2.75, 3.05) is 17.7 Å². The van der Waals surface area contributed by atoms with E-state index in [2.05, 4.69) is 15.7 Å². The van der Waals surface area contributed by atoms with Gasteiger partial charge in [0, 0.05) is 13.5 Å². The van der Waals surface area contributed by atoms with Gasteiger partial charge in [-0.25, -0.2) is 9.36 Å². The van der Waals surface area contributed by atoms with Crippen molar-refractivity contribution >= 4 is 17.4 Å². The third kappa shape index (κ3) is 4.31. The van der Waals surface area contributed by atoms with Gasteiger partial charge in [0.25, 0.3) is 11.5 Å². The molecule has 0 saturated heterocycles. The molecule has 0 aliphatic carbocycles. The summed E-state index contributed by atoms with van der Waals surface area (Å²) in [4.78, 5) is 26.5. The van der Waals surface area contributed by atoms with Crippen LogP contribution in [0, 0.1) is 6.92 Å². The molecule has 2 aromatic carbocycles. The number of nitrogens with zero attached hydrogens (tertiary/aromatic N) is 4. The number of ether oxygens (including phenoxy) is 1. The van der Waals surface area contributed by atoms with Gasteiger partial charge in [-0.15, -0.1) is 0 Å². The molecule has 0 radical (unpaired) electrons. The van der Waals surface area contributed by atoms with E-state index < -0.39 is 29.7 Å². The fourth-order valence-corrected chi connectivity index (χ4v) is 4.68. The molecule has 0 saturated carbocycles. The summed E-state index contributed by atoms with van der Waals surface area (Å²) in [7, 11) is 3.18. The number of amides is 1. The third-order valence-corrected chi connectivity index (χ3v) is 6.79. The maximum absolute atomic E-state index is 14.0. The van der Waals surface area contributed by atoms with Crippen molar-refractivity contribution in [1.29, 1.82) is 0 Å². The zero-order valence-corrected chi connectivity index (χ0v) is 20.8. The van der Waals surface area contributed by atoms with Crippen molar-refractivity contribution in [3.8, 4) is 11.4 Å². The molecule has 2 N–H and O–H groups in total. The lowest BCUT2D eigenvalue weighted by Crippen LogP contribution is -2.36. The van der Waals surface area contributed by atoms with Crippen LogP contribution in [-0.2, 0) is 7.05 Å². The number of aromatic nitrogens is 4. The van der Waals surface area contributed by atoms with E-state index in [9.17, 15) is 22.8 Å². The fourth-order valence-electron chi connectivity index (χ4n) is 4.68. The first kappa shape index (κ1) is 25.2. The van der Waals surface area contributed by atoms with Crippen LogP contribution in [-0.4, -0.2) is 38.3 Å². The van der Waals surface area contributed by atoms with Crippen LogP contribution in [0.4, 0.5) is 24.7 Å². The van der Waals surface area contributed by atoms with E-state index in [1.54, 1.807) is 67.2 Å². The highest BCUT2D eigenvalue weighted by Gasteiger charge is 2.47. The molecule has 12 heteroatoms. The Morgan fingerprint density at radius 1 is 1.13 bits per heavy atom. The summed E-state index contributed by atoms with van der Waals surface area (Å²) in [6, 6.07) is 12.9. The maximum Gasteiger partial charge on any atom is 0.410 e. The molecule has 0 unspecified atom stereocenters. The Bertz CT molecular complexity index is 1540. The second-order valence-corrected chi connectivity index (χ2v) is 9.01. The monoisotopic (exact) mass is 526 g/mol. The molecule has 0 spiro atoms. The molecule has 0 bridgehead atoms. The molecule has 5 rings (SSSR count). The number of hydrogen-bond acceptors (Lipinski definition) is 5. The molecular weight excluding hydrogens is 501 g/mol. The number of carbonyl (C=O) groups is 1. The molecule has 38 heavy (non-hydrogen) atoms. The van der Waals surface area contributed by atoms with Gasteiger partial charge in [-0.3, -0.25) is 14.3 Å². The first-order valence-electron chi connectivity index (χ1n) is 11.8. The number of methoxy groups -OCH3 is 1. The van der Waals surface area contributed by atoms with Crippen molar-refractivity contribution in [2.24, 2.45) is 7.05 Å². The number of alkyl halides is 3. The van der Waals surface area contributed by atoms with Crippen LogP contribution in [0.3, 0.4) is 0 Å². The third-order valence-electron chi connectivity index (χ3n) is 6.79. The Morgan fingerprint density at radius 3 is 2.45 bits per heavy atom. The molecule has 9 nitrogen and oxygen atoms in total. The van der Waals surface area contributed by atoms with E-state index in [-0.39, 0.29) is 23.5 Å². The maximum atomic E-state index is 14.0.